The van der Waals surface area contributed by atoms with Gasteiger partial charge in [-0.25, -0.2) is 4.39 Å². The highest BCUT2D eigenvalue weighted by Crippen LogP contribution is 2.26. The van der Waals surface area contributed by atoms with Crippen LogP contribution in [0.2, 0.25) is 0 Å². The molecular formula is C15H15FN2OS. The molecule has 3 nitrogen and oxygen atoms in total. The Labute approximate surface area is 122 Å². The summed E-state index contributed by atoms with van der Waals surface area (Å²) in [6.45, 7) is 1.97. The topological polar surface area (TPSA) is 47.3 Å². The van der Waals surface area contributed by atoms with E-state index >= 15 is 0 Å². The van der Waals surface area contributed by atoms with Crippen LogP contribution < -0.4 is 15.8 Å². The maximum absolute atomic E-state index is 13.4. The molecule has 0 atom stereocenters. The second kappa shape index (κ2) is 5.88. The third-order valence-electron chi connectivity index (χ3n) is 2.87. The Hall–Kier alpha value is -2.14. The molecule has 0 aliphatic carbocycles. The molecule has 0 bridgehead atoms. The van der Waals surface area contributed by atoms with E-state index in [9.17, 15) is 4.39 Å². The molecule has 20 heavy (non-hydrogen) atoms. The van der Waals surface area contributed by atoms with E-state index in [1.54, 1.807) is 12.1 Å². The van der Waals surface area contributed by atoms with Crippen molar-refractivity contribution in [3.63, 3.8) is 0 Å². The molecule has 0 heterocycles. The van der Waals surface area contributed by atoms with Crippen molar-refractivity contribution in [1.29, 1.82) is 0 Å². The van der Waals surface area contributed by atoms with Crippen molar-refractivity contribution in [2.45, 2.75) is 6.92 Å². The number of ether oxygens (including phenoxy) is 1. The van der Waals surface area contributed by atoms with Crippen LogP contribution >= 0.6 is 12.2 Å². The van der Waals surface area contributed by atoms with Crippen LogP contribution in [0.4, 0.5) is 15.8 Å². The third kappa shape index (κ3) is 3.05. The zero-order valence-corrected chi connectivity index (χ0v) is 12.1. The molecular weight excluding hydrogens is 275 g/mol. The SMILES string of the molecule is COc1cc(Nc2cc(C)ccc2C(N)=S)ccc1F. The van der Waals surface area contributed by atoms with Crippen LogP contribution in [0.1, 0.15) is 11.1 Å². The number of methoxy groups -OCH3 is 1. The fourth-order valence-electron chi connectivity index (χ4n) is 1.87. The molecule has 2 rings (SSSR count). The van der Waals surface area contributed by atoms with Gasteiger partial charge in [0, 0.05) is 23.0 Å². The van der Waals surface area contributed by atoms with E-state index < -0.39 is 5.82 Å². The van der Waals surface area contributed by atoms with Gasteiger partial charge in [-0.3, -0.25) is 0 Å². The molecule has 2 aromatic rings. The number of thiocarbonyl (C=S) groups is 1. The van der Waals surface area contributed by atoms with Gasteiger partial charge in [-0.2, -0.15) is 0 Å². The molecule has 3 N–H and O–H groups in total. The largest absolute Gasteiger partial charge is 0.494 e. The number of hydrogen-bond acceptors (Lipinski definition) is 3. The van der Waals surface area contributed by atoms with E-state index in [1.807, 2.05) is 25.1 Å². The molecule has 104 valence electrons. The van der Waals surface area contributed by atoms with Crippen molar-refractivity contribution in [2.75, 3.05) is 12.4 Å². The van der Waals surface area contributed by atoms with Crippen LogP contribution in [-0.2, 0) is 0 Å². The average molecular weight is 290 g/mol. The summed E-state index contributed by atoms with van der Waals surface area (Å²) in [5, 5.41) is 3.18. The van der Waals surface area contributed by atoms with Gasteiger partial charge in [0.05, 0.1) is 7.11 Å². The number of nitrogens with one attached hydrogen (secondary N) is 1. The third-order valence-corrected chi connectivity index (χ3v) is 3.09. The first-order chi connectivity index (χ1) is 9.51. The molecule has 2 aromatic carbocycles. The molecule has 0 unspecified atom stereocenters. The van der Waals surface area contributed by atoms with Gasteiger partial charge in [-0.15, -0.1) is 0 Å². The number of anilines is 2. The number of rotatable bonds is 4. The number of halogens is 1. The summed E-state index contributed by atoms with van der Waals surface area (Å²) in [7, 11) is 1.43. The Bertz CT molecular complexity index is 658. The van der Waals surface area contributed by atoms with Crippen molar-refractivity contribution in [3.05, 3.63) is 53.3 Å². The number of benzene rings is 2. The molecule has 0 aliphatic heterocycles. The Morgan fingerprint density at radius 3 is 2.65 bits per heavy atom. The van der Waals surface area contributed by atoms with E-state index in [2.05, 4.69) is 5.32 Å². The highest BCUT2D eigenvalue weighted by atomic mass is 32.1. The summed E-state index contributed by atoms with van der Waals surface area (Å²) >= 11 is 5.03. The van der Waals surface area contributed by atoms with Crippen LogP contribution in [0.5, 0.6) is 5.75 Å². The van der Waals surface area contributed by atoms with Gasteiger partial charge in [0.25, 0.3) is 0 Å². The maximum atomic E-state index is 13.4. The molecule has 5 heteroatoms. The second-order valence-electron chi connectivity index (χ2n) is 4.39. The van der Waals surface area contributed by atoms with Crippen LogP contribution in [0.25, 0.3) is 0 Å². The molecule has 0 saturated heterocycles. The molecule has 0 aliphatic rings. The summed E-state index contributed by atoms with van der Waals surface area (Å²) in [5.74, 6) is -0.226. The van der Waals surface area contributed by atoms with E-state index in [1.165, 1.54) is 13.2 Å². The molecule has 0 radical (unpaired) electrons. The van der Waals surface area contributed by atoms with Crippen molar-refractivity contribution >= 4 is 28.6 Å². The monoisotopic (exact) mass is 290 g/mol. The van der Waals surface area contributed by atoms with Gasteiger partial charge < -0.3 is 15.8 Å². The van der Waals surface area contributed by atoms with Gasteiger partial charge in [-0.1, -0.05) is 18.3 Å². The zero-order valence-electron chi connectivity index (χ0n) is 11.2. The van der Waals surface area contributed by atoms with Crippen molar-refractivity contribution in [3.8, 4) is 5.75 Å². The van der Waals surface area contributed by atoms with Crippen LogP contribution in [0, 0.1) is 12.7 Å². The van der Waals surface area contributed by atoms with Crippen LogP contribution in [-0.4, -0.2) is 12.1 Å². The van der Waals surface area contributed by atoms with Crippen molar-refractivity contribution in [2.24, 2.45) is 5.73 Å². The smallest absolute Gasteiger partial charge is 0.165 e. The number of nitrogens with two attached hydrogens (primary N) is 1. The lowest BCUT2D eigenvalue weighted by atomic mass is 10.1. The van der Waals surface area contributed by atoms with Crippen molar-refractivity contribution in [1.82, 2.24) is 0 Å². The first-order valence-electron chi connectivity index (χ1n) is 6.02. The lowest BCUT2D eigenvalue weighted by molar-refractivity contribution is 0.387. The lowest BCUT2D eigenvalue weighted by Crippen LogP contribution is -2.12. The Balaban J connectivity index is 2.39. The zero-order chi connectivity index (χ0) is 14.7. The normalized spacial score (nSPS) is 10.2. The predicted octanol–water partition coefficient (Wildman–Crippen LogP) is 3.52. The van der Waals surface area contributed by atoms with Gasteiger partial charge >= 0.3 is 0 Å². The minimum absolute atomic E-state index is 0.180. The Kier molecular flexibility index (Phi) is 4.20. The fourth-order valence-corrected chi connectivity index (χ4v) is 2.05. The minimum Gasteiger partial charge on any atom is -0.494 e. The molecule has 0 aromatic heterocycles. The predicted molar refractivity (Wildman–Crippen MR) is 83.3 cm³/mol. The summed E-state index contributed by atoms with van der Waals surface area (Å²) < 4.78 is 18.3. The van der Waals surface area contributed by atoms with Gasteiger partial charge in [-0.05, 0) is 36.8 Å². The lowest BCUT2D eigenvalue weighted by Gasteiger charge is -2.13. The fraction of sp³-hybridized carbons (Fsp3) is 0.133. The van der Waals surface area contributed by atoms with Gasteiger partial charge in [0.2, 0.25) is 0 Å². The minimum atomic E-state index is -0.406. The van der Waals surface area contributed by atoms with Gasteiger partial charge in [0.1, 0.15) is 4.99 Å². The first-order valence-corrected chi connectivity index (χ1v) is 6.43. The van der Waals surface area contributed by atoms with E-state index in [4.69, 9.17) is 22.7 Å². The summed E-state index contributed by atoms with van der Waals surface area (Å²) in [5.41, 5.74) is 9.00. The summed E-state index contributed by atoms with van der Waals surface area (Å²) in [6.07, 6.45) is 0. The average Bonchev–Trinajstić information content (AvgIpc) is 2.40. The van der Waals surface area contributed by atoms with E-state index in [0.29, 0.717) is 10.7 Å². The standard InChI is InChI=1S/C15H15FN2OS/c1-9-3-5-11(15(17)20)13(7-9)18-10-4-6-12(16)14(8-10)19-2/h3-8,18H,1-2H3,(H2,17,20). The highest BCUT2D eigenvalue weighted by molar-refractivity contribution is 7.80. The summed E-state index contributed by atoms with van der Waals surface area (Å²) in [6, 6.07) is 10.3. The van der Waals surface area contributed by atoms with Gasteiger partial charge in [0.15, 0.2) is 11.6 Å². The van der Waals surface area contributed by atoms with E-state index in [0.717, 1.165) is 16.8 Å². The quantitative estimate of drug-likeness (QED) is 0.846. The Morgan fingerprint density at radius 1 is 1.25 bits per heavy atom. The van der Waals surface area contributed by atoms with Crippen LogP contribution in [0.15, 0.2) is 36.4 Å². The number of aryl methyl sites for hydroxylation is 1. The van der Waals surface area contributed by atoms with E-state index in [-0.39, 0.29) is 5.75 Å². The van der Waals surface area contributed by atoms with Crippen molar-refractivity contribution < 1.29 is 9.13 Å². The van der Waals surface area contributed by atoms with Crippen LogP contribution in [0.3, 0.4) is 0 Å². The second-order valence-corrected chi connectivity index (χ2v) is 4.83. The first kappa shape index (κ1) is 14.3. The maximum Gasteiger partial charge on any atom is 0.165 e. The molecule has 0 saturated carbocycles. The molecule has 0 fully saturated rings. The molecule has 0 spiro atoms. The highest BCUT2D eigenvalue weighted by Gasteiger charge is 2.08. The number of hydrogen-bond donors (Lipinski definition) is 2. The summed E-state index contributed by atoms with van der Waals surface area (Å²) in [4.78, 5) is 0.307. The molecule has 0 amide bonds. The Morgan fingerprint density at radius 2 is 2.00 bits per heavy atom.